The molecule has 0 bridgehead atoms. The number of nitro groups is 1. The lowest BCUT2D eigenvalue weighted by molar-refractivity contribution is -0.385. The molecule has 0 amide bonds. The van der Waals surface area contributed by atoms with Crippen LogP contribution in [0.25, 0.3) is 0 Å². The number of nitrogens with zero attached hydrogens (tertiary/aromatic N) is 2. The Morgan fingerprint density at radius 3 is 2.69 bits per heavy atom. The first-order valence-corrected chi connectivity index (χ1v) is 4.94. The zero-order chi connectivity index (χ0) is 11.8. The number of isocyanates is 1. The van der Waals surface area contributed by atoms with E-state index in [4.69, 9.17) is 0 Å². The van der Waals surface area contributed by atoms with Crippen LogP contribution in [-0.4, -0.2) is 11.0 Å². The molecule has 5 nitrogen and oxygen atoms in total. The van der Waals surface area contributed by atoms with Crippen molar-refractivity contribution in [3.63, 3.8) is 0 Å². The molecule has 82 valence electrons. The van der Waals surface area contributed by atoms with Crippen LogP contribution < -0.4 is 0 Å². The standard InChI is InChI=1S/C11H10N2O3/c1-8-2-3-9(6-10(8)13(15)16)11(4-5-11)12-7-14/h2-3,6H,4-5H2,1H3. The molecule has 0 aliphatic heterocycles. The Morgan fingerprint density at radius 1 is 1.50 bits per heavy atom. The van der Waals surface area contributed by atoms with E-state index < -0.39 is 10.5 Å². The van der Waals surface area contributed by atoms with Gasteiger partial charge in [0.25, 0.3) is 5.69 Å². The van der Waals surface area contributed by atoms with Crippen molar-refractivity contribution in [1.82, 2.24) is 0 Å². The number of nitro benzene ring substituents is 1. The number of benzene rings is 1. The summed E-state index contributed by atoms with van der Waals surface area (Å²) in [6, 6.07) is 4.98. The van der Waals surface area contributed by atoms with Crippen LogP contribution in [0.4, 0.5) is 5.69 Å². The van der Waals surface area contributed by atoms with Gasteiger partial charge in [-0.2, -0.15) is 4.99 Å². The van der Waals surface area contributed by atoms with Gasteiger partial charge in [-0.25, -0.2) is 4.79 Å². The molecule has 0 atom stereocenters. The van der Waals surface area contributed by atoms with Crippen LogP contribution >= 0.6 is 0 Å². The molecule has 0 unspecified atom stereocenters. The Labute approximate surface area is 92.0 Å². The Kier molecular flexibility index (Phi) is 2.33. The van der Waals surface area contributed by atoms with Crippen LogP contribution in [0.3, 0.4) is 0 Å². The van der Waals surface area contributed by atoms with E-state index in [9.17, 15) is 14.9 Å². The quantitative estimate of drug-likeness (QED) is 0.338. The van der Waals surface area contributed by atoms with Crippen LogP contribution in [-0.2, 0) is 10.3 Å². The molecule has 1 aromatic rings. The molecule has 0 saturated heterocycles. The summed E-state index contributed by atoms with van der Waals surface area (Å²) in [4.78, 5) is 24.4. The number of rotatable bonds is 3. The molecule has 1 aromatic carbocycles. The van der Waals surface area contributed by atoms with Gasteiger partial charge in [-0.05, 0) is 25.3 Å². The molecule has 0 aromatic heterocycles. The summed E-state index contributed by atoms with van der Waals surface area (Å²) in [6.45, 7) is 1.68. The Balaban J connectivity index is 2.48. The number of hydrogen-bond acceptors (Lipinski definition) is 4. The lowest BCUT2D eigenvalue weighted by atomic mass is 10.0. The van der Waals surface area contributed by atoms with Crippen molar-refractivity contribution in [1.29, 1.82) is 0 Å². The highest BCUT2D eigenvalue weighted by Gasteiger charge is 2.45. The molecule has 0 N–H and O–H groups in total. The normalized spacial score (nSPS) is 16.3. The van der Waals surface area contributed by atoms with Crippen molar-refractivity contribution < 1.29 is 9.72 Å². The average molecular weight is 218 g/mol. The van der Waals surface area contributed by atoms with Crippen LogP contribution in [0.2, 0.25) is 0 Å². The van der Waals surface area contributed by atoms with Gasteiger partial charge in [0.2, 0.25) is 6.08 Å². The molecule has 0 radical (unpaired) electrons. The molecule has 5 heteroatoms. The van der Waals surface area contributed by atoms with Crippen molar-refractivity contribution in [2.24, 2.45) is 4.99 Å². The van der Waals surface area contributed by atoms with Gasteiger partial charge in [0.05, 0.1) is 10.5 Å². The van der Waals surface area contributed by atoms with Gasteiger partial charge in [-0.15, -0.1) is 0 Å². The van der Waals surface area contributed by atoms with Crippen LogP contribution in [0.1, 0.15) is 24.0 Å². The predicted octanol–water partition coefficient (Wildman–Crippen LogP) is 2.23. The summed E-state index contributed by atoms with van der Waals surface area (Å²) in [5.41, 5.74) is 0.873. The summed E-state index contributed by atoms with van der Waals surface area (Å²) in [7, 11) is 0. The number of hydrogen-bond donors (Lipinski definition) is 0. The van der Waals surface area contributed by atoms with Gasteiger partial charge in [0.15, 0.2) is 0 Å². The number of carbonyl (C=O) groups excluding carboxylic acids is 1. The van der Waals surface area contributed by atoms with E-state index in [1.54, 1.807) is 19.1 Å². The molecule has 1 aliphatic rings. The summed E-state index contributed by atoms with van der Waals surface area (Å²) < 4.78 is 0. The lowest BCUT2D eigenvalue weighted by Gasteiger charge is -2.08. The third-order valence-corrected chi connectivity index (χ3v) is 2.93. The fourth-order valence-corrected chi connectivity index (χ4v) is 1.77. The zero-order valence-electron chi connectivity index (χ0n) is 8.77. The number of aryl methyl sites for hydroxylation is 1. The predicted molar refractivity (Wildman–Crippen MR) is 56.9 cm³/mol. The van der Waals surface area contributed by atoms with Crippen LogP contribution in [0.15, 0.2) is 23.2 Å². The van der Waals surface area contributed by atoms with Crippen molar-refractivity contribution in [3.05, 3.63) is 39.4 Å². The summed E-state index contributed by atoms with van der Waals surface area (Å²) in [5, 5.41) is 10.8. The van der Waals surface area contributed by atoms with E-state index in [1.807, 2.05) is 0 Å². The molecular weight excluding hydrogens is 208 g/mol. The smallest absolute Gasteiger partial charge is 0.258 e. The van der Waals surface area contributed by atoms with E-state index in [1.165, 1.54) is 12.1 Å². The third-order valence-electron chi connectivity index (χ3n) is 2.93. The van der Waals surface area contributed by atoms with E-state index in [2.05, 4.69) is 4.99 Å². The Hall–Kier alpha value is -2.00. The fourth-order valence-electron chi connectivity index (χ4n) is 1.77. The average Bonchev–Trinajstić information content (AvgIpc) is 2.99. The maximum absolute atomic E-state index is 10.8. The minimum Gasteiger partial charge on any atom is -0.258 e. The highest BCUT2D eigenvalue weighted by Crippen LogP contribution is 2.49. The van der Waals surface area contributed by atoms with Gasteiger partial charge in [-0.1, -0.05) is 12.1 Å². The molecule has 0 spiro atoms. The summed E-state index contributed by atoms with van der Waals surface area (Å²) >= 11 is 0. The number of aliphatic imine (C=N–C) groups is 1. The lowest BCUT2D eigenvalue weighted by Crippen LogP contribution is -2.03. The highest BCUT2D eigenvalue weighted by molar-refractivity contribution is 5.48. The van der Waals surface area contributed by atoms with E-state index in [-0.39, 0.29) is 5.69 Å². The van der Waals surface area contributed by atoms with Gasteiger partial charge in [0.1, 0.15) is 0 Å². The van der Waals surface area contributed by atoms with Crippen LogP contribution in [0.5, 0.6) is 0 Å². The minimum atomic E-state index is -0.541. The zero-order valence-corrected chi connectivity index (χ0v) is 8.77. The molecule has 1 aliphatic carbocycles. The Bertz CT molecular complexity index is 500. The van der Waals surface area contributed by atoms with Gasteiger partial charge < -0.3 is 0 Å². The summed E-state index contributed by atoms with van der Waals surface area (Å²) in [6.07, 6.45) is 3.04. The first kappa shape index (κ1) is 10.5. The molecular formula is C11H10N2O3. The third kappa shape index (κ3) is 1.61. The van der Waals surface area contributed by atoms with Gasteiger partial charge >= 0.3 is 0 Å². The molecule has 0 heterocycles. The van der Waals surface area contributed by atoms with Gasteiger partial charge in [0, 0.05) is 11.6 Å². The second-order valence-corrected chi connectivity index (χ2v) is 3.99. The monoisotopic (exact) mass is 218 g/mol. The molecule has 16 heavy (non-hydrogen) atoms. The fraction of sp³-hybridized carbons (Fsp3) is 0.364. The van der Waals surface area contributed by atoms with E-state index in [0.717, 1.165) is 18.4 Å². The van der Waals surface area contributed by atoms with Gasteiger partial charge in [-0.3, -0.25) is 10.1 Å². The maximum Gasteiger partial charge on any atom is 0.272 e. The molecule has 1 saturated carbocycles. The van der Waals surface area contributed by atoms with Crippen LogP contribution in [0, 0.1) is 17.0 Å². The molecule has 2 rings (SSSR count). The minimum absolute atomic E-state index is 0.0740. The second-order valence-electron chi connectivity index (χ2n) is 3.99. The van der Waals surface area contributed by atoms with Crippen molar-refractivity contribution in [2.45, 2.75) is 25.3 Å². The highest BCUT2D eigenvalue weighted by atomic mass is 16.6. The topological polar surface area (TPSA) is 72.6 Å². The van der Waals surface area contributed by atoms with Crippen molar-refractivity contribution in [3.8, 4) is 0 Å². The maximum atomic E-state index is 10.8. The second kappa shape index (κ2) is 3.54. The largest absolute Gasteiger partial charge is 0.272 e. The SMILES string of the molecule is Cc1ccc(C2(N=C=O)CC2)cc1[N+](=O)[O-]. The molecule has 1 fully saturated rings. The Morgan fingerprint density at radius 2 is 2.19 bits per heavy atom. The first-order valence-electron chi connectivity index (χ1n) is 4.94. The van der Waals surface area contributed by atoms with Crippen molar-refractivity contribution in [2.75, 3.05) is 0 Å². The first-order chi connectivity index (χ1) is 7.59. The van der Waals surface area contributed by atoms with E-state index in [0.29, 0.717) is 5.56 Å². The van der Waals surface area contributed by atoms with E-state index >= 15 is 0 Å². The summed E-state index contributed by atoms with van der Waals surface area (Å²) in [5.74, 6) is 0. The van der Waals surface area contributed by atoms with Crippen molar-refractivity contribution >= 4 is 11.8 Å².